The van der Waals surface area contributed by atoms with Gasteiger partial charge in [-0.15, -0.1) is 0 Å². The highest BCUT2D eigenvalue weighted by atomic mass is 19.4. The van der Waals surface area contributed by atoms with E-state index in [-0.39, 0.29) is 49.8 Å². The minimum Gasteiger partial charge on any atom is -0.472 e. The highest BCUT2D eigenvalue weighted by Gasteiger charge is 2.69. The molecule has 2 saturated heterocycles. The Morgan fingerprint density at radius 2 is 2.00 bits per heavy atom. The molecule has 0 radical (unpaired) electrons. The van der Waals surface area contributed by atoms with Crippen molar-refractivity contribution in [3.63, 3.8) is 0 Å². The molecule has 1 aromatic rings. The molecular weight excluding hydrogens is 616 g/mol. The molecule has 6 rings (SSSR count). The zero-order valence-electron chi connectivity index (χ0n) is 25.4. The minimum absolute atomic E-state index is 0.0462. The number of carbonyl (C=O) groups is 4. The van der Waals surface area contributed by atoms with Gasteiger partial charge in [0.25, 0.3) is 5.91 Å². The molecule has 1 aromatic heterocycles. The van der Waals surface area contributed by atoms with Gasteiger partial charge in [0.2, 0.25) is 17.4 Å². The molecule has 2 aliphatic carbocycles. The number of amides is 4. The van der Waals surface area contributed by atoms with Gasteiger partial charge in [-0.2, -0.15) is 18.4 Å². The number of nitrogens with one attached hydrogen (secondary N) is 2. The zero-order valence-corrected chi connectivity index (χ0v) is 25.4. The number of alkyl carbamates (subject to hydrolysis) is 1. The van der Waals surface area contributed by atoms with Crippen LogP contribution in [0.4, 0.5) is 28.2 Å². The first-order valence-electron chi connectivity index (χ1n) is 15.1. The summed E-state index contributed by atoms with van der Waals surface area (Å²) in [5.41, 5.74) is -4.14. The summed E-state index contributed by atoms with van der Waals surface area (Å²) in [4.78, 5) is 61.0. The molecule has 4 heterocycles. The molecule has 2 saturated carbocycles. The average molecular weight is 651 g/mol. The number of hydrogen-bond acceptors (Lipinski definition) is 8. The molecule has 0 bridgehead atoms. The van der Waals surface area contributed by atoms with Crippen molar-refractivity contribution < 1.29 is 46.2 Å². The third-order valence-corrected chi connectivity index (χ3v) is 9.89. The average Bonchev–Trinajstić information content (AvgIpc) is 3.33. The summed E-state index contributed by atoms with van der Waals surface area (Å²) in [6.45, 7) is 2.64. The van der Waals surface area contributed by atoms with Crippen LogP contribution in [0.1, 0.15) is 46.5 Å². The van der Waals surface area contributed by atoms with Crippen molar-refractivity contribution in [3.05, 3.63) is 18.3 Å². The van der Waals surface area contributed by atoms with E-state index in [2.05, 4.69) is 26.4 Å². The molecule has 0 unspecified atom stereocenters. The summed E-state index contributed by atoms with van der Waals surface area (Å²) in [7, 11) is 0. The molecule has 3 aliphatic heterocycles. The van der Waals surface area contributed by atoms with Gasteiger partial charge in [0.05, 0.1) is 12.6 Å². The van der Waals surface area contributed by atoms with E-state index in [0.29, 0.717) is 6.42 Å². The molecule has 16 heteroatoms. The standard InChI is InChI=1S/C30H34F4N6O6/c1-27(2,3)21(37-26(44)45-14-30(32,33)34)24(42)39-12-15-6-7-28(31)10-17(28)19(15)20(39)23(41)40-13-29(9-16(40)11-35)25(43)38-22-18(46-29)5-4-8-36-22/h4-5,8,15-17,19-21H,6-7,9-10,12-14H2,1-3H3,(H,37,44)(H,36,38,43)/t15-,16-,17-,19+,20-,21+,28+,29+/m0/s1. The highest BCUT2D eigenvalue weighted by Crippen LogP contribution is 2.64. The van der Waals surface area contributed by atoms with Crippen molar-refractivity contribution in [2.45, 2.75) is 82.0 Å². The first-order valence-corrected chi connectivity index (χ1v) is 15.1. The van der Waals surface area contributed by atoms with Crippen LogP contribution < -0.4 is 15.4 Å². The Hall–Kier alpha value is -4.16. The van der Waals surface area contributed by atoms with Gasteiger partial charge >= 0.3 is 12.3 Å². The SMILES string of the molecule is CC(C)(C)[C@H](NC(=O)OCC(F)(F)F)C(=O)N1C[C@@H]2CC[C@@]3(F)C[C@H]3[C@@H]2[C@H]1C(=O)N1C[C@@]2(C[C@H]1C#N)Oc1cccnc1NC2=O. The lowest BCUT2D eigenvalue weighted by molar-refractivity contribution is -0.161. The molecule has 1 spiro atoms. The van der Waals surface area contributed by atoms with Gasteiger partial charge in [-0.1, -0.05) is 20.8 Å². The van der Waals surface area contributed by atoms with E-state index < -0.39 is 83.2 Å². The Labute approximate surface area is 261 Å². The quantitative estimate of drug-likeness (QED) is 0.472. The van der Waals surface area contributed by atoms with E-state index in [1.165, 1.54) is 16.0 Å². The molecule has 4 fully saturated rings. The zero-order chi connectivity index (χ0) is 33.4. The maximum absolute atomic E-state index is 15.5. The molecule has 8 atom stereocenters. The number of halogens is 4. The lowest BCUT2D eigenvalue weighted by atomic mass is 9.77. The van der Waals surface area contributed by atoms with E-state index in [0.717, 1.165) is 0 Å². The largest absolute Gasteiger partial charge is 0.472 e. The van der Waals surface area contributed by atoms with Crippen LogP contribution in [-0.2, 0) is 19.1 Å². The second kappa shape index (κ2) is 10.7. The van der Waals surface area contributed by atoms with Crippen LogP contribution in [0.3, 0.4) is 0 Å². The highest BCUT2D eigenvalue weighted by molar-refractivity contribution is 6.01. The second-order valence-electron chi connectivity index (χ2n) is 14.0. The predicted octanol–water partition coefficient (Wildman–Crippen LogP) is 2.94. The maximum Gasteiger partial charge on any atom is 0.422 e. The number of nitrogens with zero attached hydrogens (tertiary/aromatic N) is 4. The third kappa shape index (κ3) is 5.47. The lowest BCUT2D eigenvalue weighted by Gasteiger charge is -2.38. The lowest BCUT2D eigenvalue weighted by Crippen LogP contribution is -2.60. The fourth-order valence-corrected chi connectivity index (χ4v) is 7.61. The van der Waals surface area contributed by atoms with Crippen LogP contribution in [0.15, 0.2) is 18.3 Å². The van der Waals surface area contributed by atoms with Gasteiger partial charge in [0, 0.05) is 25.1 Å². The van der Waals surface area contributed by atoms with E-state index in [1.54, 1.807) is 32.9 Å². The smallest absolute Gasteiger partial charge is 0.422 e. The van der Waals surface area contributed by atoms with Gasteiger partial charge < -0.3 is 29.9 Å². The van der Waals surface area contributed by atoms with Crippen LogP contribution in [0.25, 0.3) is 0 Å². The maximum atomic E-state index is 15.5. The monoisotopic (exact) mass is 650 g/mol. The molecule has 2 N–H and O–H groups in total. The van der Waals surface area contributed by atoms with Crippen molar-refractivity contribution >= 4 is 29.6 Å². The number of nitriles is 1. The molecule has 5 aliphatic rings. The number of pyridine rings is 1. The van der Waals surface area contributed by atoms with Crippen molar-refractivity contribution in [1.82, 2.24) is 20.1 Å². The fourth-order valence-electron chi connectivity index (χ4n) is 7.61. The van der Waals surface area contributed by atoms with Crippen molar-refractivity contribution in [2.75, 3.05) is 25.0 Å². The molecule has 4 amide bonds. The molecule has 12 nitrogen and oxygen atoms in total. The van der Waals surface area contributed by atoms with Crippen molar-refractivity contribution in [3.8, 4) is 11.8 Å². The van der Waals surface area contributed by atoms with E-state index in [1.807, 2.05) is 0 Å². The summed E-state index contributed by atoms with van der Waals surface area (Å²) in [5, 5.41) is 15.0. The number of likely N-dealkylation sites (tertiary alicyclic amines) is 2. The first kappa shape index (κ1) is 31.8. The summed E-state index contributed by atoms with van der Waals surface area (Å²) in [6.07, 6.45) is -4.07. The number of ether oxygens (including phenoxy) is 2. The Kier molecular flexibility index (Phi) is 7.40. The Bertz CT molecular complexity index is 1510. The second-order valence-corrected chi connectivity index (χ2v) is 14.0. The van der Waals surface area contributed by atoms with Crippen LogP contribution in [0.5, 0.6) is 5.75 Å². The number of fused-ring (bicyclic) bond motifs is 4. The molecule has 46 heavy (non-hydrogen) atoms. The van der Waals surface area contributed by atoms with Gasteiger partial charge in [-0.3, -0.25) is 14.4 Å². The molecule has 0 aromatic carbocycles. The topological polar surface area (TPSA) is 154 Å². The number of alkyl halides is 4. The number of carbonyl (C=O) groups excluding carboxylic acids is 4. The van der Waals surface area contributed by atoms with Gasteiger partial charge in [-0.25, -0.2) is 14.2 Å². The number of aromatic nitrogens is 1. The van der Waals surface area contributed by atoms with Gasteiger partial charge in [0.15, 0.2) is 18.2 Å². The molecule has 248 valence electrons. The van der Waals surface area contributed by atoms with E-state index in [4.69, 9.17) is 4.74 Å². The Morgan fingerprint density at radius 3 is 2.67 bits per heavy atom. The van der Waals surface area contributed by atoms with Gasteiger partial charge in [0.1, 0.15) is 23.8 Å². The van der Waals surface area contributed by atoms with Crippen LogP contribution in [0, 0.1) is 34.5 Å². The third-order valence-electron chi connectivity index (χ3n) is 9.89. The first-order chi connectivity index (χ1) is 21.5. The fraction of sp³-hybridized carbons (Fsp3) is 0.667. The number of hydrogen-bond donors (Lipinski definition) is 2. The molecular formula is C30H34F4N6O6. The summed E-state index contributed by atoms with van der Waals surface area (Å²) in [6, 6.07) is 1.48. The minimum atomic E-state index is -4.79. The Morgan fingerprint density at radius 1 is 1.26 bits per heavy atom. The van der Waals surface area contributed by atoms with Crippen LogP contribution in [-0.4, -0.2) is 93.9 Å². The Balaban J connectivity index is 1.31. The number of anilines is 1. The van der Waals surface area contributed by atoms with Crippen LogP contribution >= 0.6 is 0 Å². The summed E-state index contributed by atoms with van der Waals surface area (Å²) >= 11 is 0. The van der Waals surface area contributed by atoms with Crippen molar-refractivity contribution in [2.24, 2.45) is 23.2 Å². The summed E-state index contributed by atoms with van der Waals surface area (Å²) < 4.78 is 64.0. The van der Waals surface area contributed by atoms with E-state index >= 15 is 4.39 Å². The van der Waals surface area contributed by atoms with Crippen molar-refractivity contribution in [1.29, 1.82) is 5.26 Å². The van der Waals surface area contributed by atoms with Crippen LogP contribution in [0.2, 0.25) is 0 Å². The summed E-state index contributed by atoms with van der Waals surface area (Å²) in [5.74, 6) is -2.94. The number of rotatable bonds is 4. The van der Waals surface area contributed by atoms with E-state index in [9.17, 15) is 37.6 Å². The normalized spacial score (nSPS) is 33.5. The van der Waals surface area contributed by atoms with Gasteiger partial charge in [-0.05, 0) is 48.6 Å². The predicted molar refractivity (Wildman–Crippen MR) is 149 cm³/mol.